The fourth-order valence-corrected chi connectivity index (χ4v) is 1.99. The zero-order chi connectivity index (χ0) is 13.3. The first-order valence-corrected chi connectivity index (χ1v) is 6.27. The van der Waals surface area contributed by atoms with Gasteiger partial charge in [0.25, 0.3) is 0 Å². The lowest BCUT2D eigenvalue weighted by molar-refractivity contribution is -0.117. The summed E-state index contributed by atoms with van der Waals surface area (Å²) in [5.41, 5.74) is 1.83. The minimum atomic E-state index is -0.261. The topological polar surface area (TPSA) is 50.4 Å². The number of carbonyl (C=O) groups excluding carboxylic acids is 1. The Bertz CT molecular complexity index is 457. The van der Waals surface area contributed by atoms with Gasteiger partial charge in [-0.1, -0.05) is 19.9 Å². The van der Waals surface area contributed by atoms with Gasteiger partial charge in [-0.15, -0.1) is 0 Å². The molecule has 0 bridgehead atoms. The van der Waals surface area contributed by atoms with Crippen molar-refractivity contribution in [3.8, 4) is 5.75 Å². The predicted octanol–water partition coefficient (Wildman–Crippen LogP) is 2.32. The first-order chi connectivity index (χ1) is 8.52. The van der Waals surface area contributed by atoms with Crippen molar-refractivity contribution in [2.75, 3.05) is 12.4 Å². The maximum atomic E-state index is 12.0. The number of amides is 1. The van der Waals surface area contributed by atoms with Gasteiger partial charge in [-0.25, -0.2) is 0 Å². The molecule has 2 N–H and O–H groups in total. The highest BCUT2D eigenvalue weighted by Crippen LogP contribution is 2.34. The van der Waals surface area contributed by atoms with Gasteiger partial charge in [-0.05, 0) is 18.9 Å². The van der Waals surface area contributed by atoms with Crippen molar-refractivity contribution in [1.82, 2.24) is 5.32 Å². The number of hydrogen-bond acceptors (Lipinski definition) is 3. The van der Waals surface area contributed by atoms with E-state index < -0.39 is 0 Å². The summed E-state index contributed by atoms with van der Waals surface area (Å²) in [5.74, 6) is 1.25. The van der Waals surface area contributed by atoms with Gasteiger partial charge < -0.3 is 10.1 Å². The quantitative estimate of drug-likeness (QED) is 0.859. The summed E-state index contributed by atoms with van der Waals surface area (Å²) < 4.78 is 5.16. The van der Waals surface area contributed by atoms with Crippen LogP contribution in [0.2, 0.25) is 0 Å². The Morgan fingerprint density at radius 1 is 1.33 bits per heavy atom. The fourth-order valence-electron chi connectivity index (χ4n) is 1.99. The van der Waals surface area contributed by atoms with E-state index in [2.05, 4.69) is 31.4 Å². The van der Waals surface area contributed by atoms with Crippen LogP contribution in [0.4, 0.5) is 5.69 Å². The van der Waals surface area contributed by atoms with Crippen molar-refractivity contribution in [3.05, 3.63) is 23.8 Å². The predicted molar refractivity (Wildman–Crippen MR) is 71.8 cm³/mol. The Balaban J connectivity index is 2.23. The van der Waals surface area contributed by atoms with Crippen LogP contribution in [-0.4, -0.2) is 19.1 Å². The van der Waals surface area contributed by atoms with Crippen molar-refractivity contribution in [2.45, 2.75) is 32.9 Å². The van der Waals surface area contributed by atoms with E-state index >= 15 is 0 Å². The van der Waals surface area contributed by atoms with Crippen molar-refractivity contribution in [3.63, 3.8) is 0 Å². The molecule has 0 saturated carbocycles. The molecule has 98 valence electrons. The highest BCUT2D eigenvalue weighted by molar-refractivity contribution is 6.02. The number of methoxy groups -OCH3 is 1. The number of hydrogen-bond donors (Lipinski definition) is 2. The third-order valence-electron chi connectivity index (χ3n) is 3.52. The molecule has 4 heteroatoms. The van der Waals surface area contributed by atoms with Crippen LogP contribution in [0.1, 0.15) is 32.4 Å². The Morgan fingerprint density at radius 2 is 2.06 bits per heavy atom. The number of anilines is 1. The second-order valence-corrected chi connectivity index (χ2v) is 5.07. The zero-order valence-electron chi connectivity index (χ0n) is 11.3. The van der Waals surface area contributed by atoms with Crippen LogP contribution < -0.4 is 15.4 Å². The van der Waals surface area contributed by atoms with Crippen LogP contribution in [0.5, 0.6) is 5.75 Å². The third-order valence-corrected chi connectivity index (χ3v) is 3.52. The van der Waals surface area contributed by atoms with E-state index in [0.717, 1.165) is 17.0 Å². The molecule has 18 heavy (non-hydrogen) atoms. The van der Waals surface area contributed by atoms with Crippen LogP contribution in [0.3, 0.4) is 0 Å². The van der Waals surface area contributed by atoms with Gasteiger partial charge in [-0.3, -0.25) is 10.1 Å². The third kappa shape index (κ3) is 2.34. The number of ether oxygens (including phenoxy) is 1. The van der Waals surface area contributed by atoms with E-state index in [1.54, 1.807) is 7.11 Å². The number of nitrogens with one attached hydrogen (secondary N) is 2. The van der Waals surface area contributed by atoms with Gasteiger partial charge in [0.1, 0.15) is 11.8 Å². The van der Waals surface area contributed by atoms with E-state index in [9.17, 15) is 4.79 Å². The summed E-state index contributed by atoms with van der Waals surface area (Å²) in [7, 11) is 1.62. The first kappa shape index (κ1) is 12.9. The van der Waals surface area contributed by atoms with E-state index in [-0.39, 0.29) is 18.0 Å². The Labute approximate surface area is 108 Å². The summed E-state index contributed by atoms with van der Waals surface area (Å²) in [6.45, 7) is 6.37. The van der Waals surface area contributed by atoms with Gasteiger partial charge in [-0.2, -0.15) is 0 Å². The van der Waals surface area contributed by atoms with Crippen LogP contribution in [0.25, 0.3) is 0 Å². The average molecular weight is 248 g/mol. The summed E-state index contributed by atoms with van der Waals surface area (Å²) in [6.07, 6.45) is 0. The molecule has 1 aliphatic heterocycles. The SMILES string of the molecule is COc1ccc2c(c1)NC(=O)C2NC(C)C(C)C. The highest BCUT2D eigenvalue weighted by atomic mass is 16.5. The molecular formula is C14H20N2O2. The normalized spacial score (nSPS) is 19.6. The van der Waals surface area contributed by atoms with Crippen LogP contribution in [0, 0.1) is 5.92 Å². The summed E-state index contributed by atoms with van der Waals surface area (Å²) >= 11 is 0. The van der Waals surface area contributed by atoms with E-state index in [4.69, 9.17) is 4.74 Å². The lowest BCUT2D eigenvalue weighted by atomic mass is 10.0. The van der Waals surface area contributed by atoms with Crippen molar-refractivity contribution < 1.29 is 9.53 Å². The van der Waals surface area contributed by atoms with Crippen molar-refractivity contribution >= 4 is 11.6 Å². The molecular weight excluding hydrogens is 228 g/mol. The number of benzene rings is 1. The number of fused-ring (bicyclic) bond motifs is 1. The lowest BCUT2D eigenvalue weighted by Crippen LogP contribution is -2.37. The molecule has 2 atom stereocenters. The van der Waals surface area contributed by atoms with Gasteiger partial charge in [0.15, 0.2) is 0 Å². The van der Waals surface area contributed by atoms with Crippen LogP contribution in [0.15, 0.2) is 18.2 Å². The second kappa shape index (κ2) is 4.98. The molecule has 0 fully saturated rings. The molecule has 1 aromatic carbocycles. The molecule has 0 spiro atoms. The Hall–Kier alpha value is -1.55. The summed E-state index contributed by atoms with van der Waals surface area (Å²) in [5, 5.41) is 6.25. The average Bonchev–Trinajstić information content (AvgIpc) is 2.64. The van der Waals surface area contributed by atoms with Crippen LogP contribution >= 0.6 is 0 Å². The molecule has 0 radical (unpaired) electrons. The standard InChI is InChI=1S/C14H20N2O2/c1-8(2)9(3)15-13-11-6-5-10(18-4)7-12(11)16-14(13)17/h5-9,13,15H,1-4H3,(H,16,17). The largest absolute Gasteiger partial charge is 0.497 e. The molecule has 0 aromatic heterocycles. The Morgan fingerprint density at radius 3 is 2.67 bits per heavy atom. The first-order valence-electron chi connectivity index (χ1n) is 6.27. The molecule has 0 aliphatic carbocycles. The molecule has 1 aromatic rings. The smallest absolute Gasteiger partial charge is 0.246 e. The molecule has 2 rings (SSSR count). The molecule has 1 heterocycles. The van der Waals surface area contributed by atoms with Gasteiger partial charge >= 0.3 is 0 Å². The maximum absolute atomic E-state index is 12.0. The summed E-state index contributed by atoms with van der Waals surface area (Å²) in [6, 6.07) is 5.71. The second-order valence-electron chi connectivity index (χ2n) is 5.07. The monoisotopic (exact) mass is 248 g/mol. The zero-order valence-corrected chi connectivity index (χ0v) is 11.3. The molecule has 4 nitrogen and oxygen atoms in total. The van der Waals surface area contributed by atoms with E-state index in [0.29, 0.717) is 5.92 Å². The number of carbonyl (C=O) groups is 1. The van der Waals surface area contributed by atoms with E-state index in [1.807, 2.05) is 18.2 Å². The Kier molecular flexibility index (Phi) is 3.57. The fraction of sp³-hybridized carbons (Fsp3) is 0.500. The highest BCUT2D eigenvalue weighted by Gasteiger charge is 2.31. The molecule has 1 aliphatic rings. The molecule has 2 unspecified atom stereocenters. The number of rotatable bonds is 4. The maximum Gasteiger partial charge on any atom is 0.246 e. The minimum Gasteiger partial charge on any atom is -0.497 e. The van der Waals surface area contributed by atoms with Crippen LogP contribution in [-0.2, 0) is 4.79 Å². The van der Waals surface area contributed by atoms with Gasteiger partial charge in [0.05, 0.1) is 7.11 Å². The molecule has 0 saturated heterocycles. The van der Waals surface area contributed by atoms with Gasteiger partial charge in [0.2, 0.25) is 5.91 Å². The van der Waals surface area contributed by atoms with E-state index in [1.165, 1.54) is 0 Å². The minimum absolute atomic E-state index is 0.00533. The summed E-state index contributed by atoms with van der Waals surface area (Å²) in [4.78, 5) is 12.0. The van der Waals surface area contributed by atoms with Crippen molar-refractivity contribution in [2.24, 2.45) is 5.92 Å². The lowest BCUT2D eigenvalue weighted by Gasteiger charge is -2.21. The molecule has 1 amide bonds. The van der Waals surface area contributed by atoms with Gasteiger partial charge in [0, 0.05) is 23.4 Å². The van der Waals surface area contributed by atoms with Crippen molar-refractivity contribution in [1.29, 1.82) is 0 Å².